The maximum absolute atomic E-state index is 11.0. The fourth-order valence-electron chi connectivity index (χ4n) is 3.37. The van der Waals surface area contributed by atoms with E-state index in [1.54, 1.807) is 6.07 Å². The number of aliphatic carboxylic acids is 1. The molecule has 0 aliphatic heterocycles. The van der Waals surface area contributed by atoms with E-state index >= 15 is 0 Å². The molecule has 0 unspecified atom stereocenters. The van der Waals surface area contributed by atoms with E-state index in [1.807, 2.05) is 39.8 Å². The number of nitrogens with one attached hydrogen (secondary N) is 1. The van der Waals surface area contributed by atoms with E-state index in [2.05, 4.69) is 32.3 Å². The average molecular weight is 409 g/mol. The maximum atomic E-state index is 11.0. The van der Waals surface area contributed by atoms with Crippen molar-refractivity contribution in [2.24, 2.45) is 0 Å². The molecule has 0 aliphatic carbocycles. The van der Waals surface area contributed by atoms with Crippen LogP contribution in [0.1, 0.15) is 49.6 Å². The maximum Gasteiger partial charge on any atom is 0.303 e. The van der Waals surface area contributed by atoms with Crippen LogP contribution in [-0.2, 0) is 17.6 Å². The molecule has 0 aliphatic rings. The zero-order valence-electron chi connectivity index (χ0n) is 18.0. The van der Waals surface area contributed by atoms with Crippen LogP contribution >= 0.6 is 0 Å². The van der Waals surface area contributed by atoms with Gasteiger partial charge in [-0.25, -0.2) is 9.97 Å². The predicted molar refractivity (Wildman–Crippen MR) is 114 cm³/mol. The predicted octanol–water partition coefficient (Wildman–Crippen LogP) is 4.21. The molecule has 0 saturated carbocycles. The smallest absolute Gasteiger partial charge is 0.303 e. The van der Waals surface area contributed by atoms with Gasteiger partial charge in [0.25, 0.3) is 5.89 Å². The van der Waals surface area contributed by atoms with Crippen molar-refractivity contribution in [2.45, 2.75) is 59.9 Å². The molecule has 3 rings (SSSR count). The number of carboxylic acid groups (broad SMARTS) is 1. The van der Waals surface area contributed by atoms with Crippen molar-refractivity contribution in [3.8, 4) is 23.0 Å². The van der Waals surface area contributed by atoms with Crippen LogP contribution in [0.4, 0.5) is 5.95 Å². The van der Waals surface area contributed by atoms with Crippen molar-refractivity contribution in [1.82, 2.24) is 20.1 Å². The average Bonchev–Trinajstić information content (AvgIpc) is 3.15. The minimum atomic E-state index is -0.796. The largest absolute Gasteiger partial charge is 0.481 e. The third-order valence-electron chi connectivity index (χ3n) is 4.71. The number of hydrogen-bond donors (Lipinski definition) is 2. The lowest BCUT2D eigenvalue weighted by molar-refractivity contribution is -0.136. The van der Waals surface area contributed by atoms with Crippen LogP contribution in [-0.4, -0.2) is 37.2 Å². The van der Waals surface area contributed by atoms with E-state index < -0.39 is 5.97 Å². The molecule has 0 spiro atoms. The highest BCUT2D eigenvalue weighted by molar-refractivity contribution is 5.68. The van der Waals surface area contributed by atoms with Crippen LogP contribution in [0.15, 0.2) is 22.7 Å². The zero-order valence-corrected chi connectivity index (χ0v) is 18.0. The van der Waals surface area contributed by atoms with Gasteiger partial charge in [-0.05, 0) is 75.4 Å². The molecule has 2 N–H and O–H groups in total. The van der Waals surface area contributed by atoms with Gasteiger partial charge in [0.15, 0.2) is 0 Å². The second-order valence-electron chi connectivity index (χ2n) is 7.62. The Labute approximate surface area is 175 Å². The molecule has 0 radical (unpaired) electrons. The summed E-state index contributed by atoms with van der Waals surface area (Å²) in [6, 6.07) is 5.99. The van der Waals surface area contributed by atoms with Gasteiger partial charge >= 0.3 is 5.97 Å². The lowest BCUT2D eigenvalue weighted by Crippen LogP contribution is -2.13. The number of aromatic nitrogens is 4. The summed E-state index contributed by atoms with van der Waals surface area (Å²) < 4.78 is 5.49. The monoisotopic (exact) mass is 409 g/mol. The lowest BCUT2D eigenvalue weighted by atomic mass is 9.93. The minimum Gasteiger partial charge on any atom is -0.481 e. The number of hydrogen-bond acceptors (Lipinski definition) is 7. The lowest BCUT2D eigenvalue weighted by Gasteiger charge is -2.12. The molecule has 158 valence electrons. The van der Waals surface area contributed by atoms with E-state index in [0.29, 0.717) is 29.8 Å². The molecule has 0 bridgehead atoms. The number of benzene rings is 1. The first kappa shape index (κ1) is 21.4. The molecule has 8 heteroatoms. The van der Waals surface area contributed by atoms with Crippen LogP contribution in [0.3, 0.4) is 0 Å². The van der Waals surface area contributed by atoms with Gasteiger partial charge in [-0.3, -0.25) is 4.79 Å². The summed E-state index contributed by atoms with van der Waals surface area (Å²) in [5.41, 5.74) is 5.40. The molecule has 30 heavy (non-hydrogen) atoms. The van der Waals surface area contributed by atoms with Crippen LogP contribution in [0.25, 0.3) is 23.0 Å². The second-order valence-corrected chi connectivity index (χ2v) is 7.62. The van der Waals surface area contributed by atoms with Gasteiger partial charge in [-0.15, -0.1) is 0 Å². The van der Waals surface area contributed by atoms with Crippen LogP contribution in [0.5, 0.6) is 0 Å². The molecule has 1 aromatic carbocycles. The molecule has 0 atom stereocenters. The summed E-state index contributed by atoms with van der Waals surface area (Å²) in [6.07, 6.45) is 1.41. The molecule has 0 saturated heterocycles. The van der Waals surface area contributed by atoms with Crippen molar-refractivity contribution < 1.29 is 14.4 Å². The Morgan fingerprint density at radius 1 is 1.17 bits per heavy atom. The Morgan fingerprint density at radius 2 is 1.93 bits per heavy atom. The van der Waals surface area contributed by atoms with Crippen molar-refractivity contribution in [3.05, 3.63) is 40.6 Å². The Balaban J connectivity index is 1.94. The highest BCUT2D eigenvalue weighted by atomic mass is 16.5. The molecule has 0 fully saturated rings. The first-order valence-electron chi connectivity index (χ1n) is 10.1. The summed E-state index contributed by atoms with van der Waals surface area (Å²) in [7, 11) is 0. The van der Waals surface area contributed by atoms with Crippen molar-refractivity contribution in [2.75, 3.05) is 5.32 Å². The Bertz CT molecular complexity index is 1060. The number of aryl methyl sites for hydroxylation is 3. The van der Waals surface area contributed by atoms with E-state index in [9.17, 15) is 4.79 Å². The fourth-order valence-corrected chi connectivity index (χ4v) is 3.37. The Hall–Kier alpha value is -3.29. The number of nitrogens with zero attached hydrogens (tertiary/aromatic N) is 4. The molecule has 8 nitrogen and oxygen atoms in total. The zero-order chi connectivity index (χ0) is 21.8. The number of rotatable bonds is 8. The van der Waals surface area contributed by atoms with Gasteiger partial charge in [0.2, 0.25) is 11.8 Å². The van der Waals surface area contributed by atoms with Gasteiger partial charge < -0.3 is 14.9 Å². The molecule has 0 amide bonds. The van der Waals surface area contributed by atoms with Crippen molar-refractivity contribution >= 4 is 11.9 Å². The van der Waals surface area contributed by atoms with Gasteiger partial charge in [0, 0.05) is 23.7 Å². The first-order valence-corrected chi connectivity index (χ1v) is 10.1. The normalized spacial score (nSPS) is 11.1. The quantitative estimate of drug-likeness (QED) is 0.569. The molecule has 3 aromatic rings. The number of anilines is 1. The highest BCUT2D eigenvalue weighted by Crippen LogP contribution is 2.27. The number of carbonyl (C=O) groups is 1. The highest BCUT2D eigenvalue weighted by Gasteiger charge is 2.16. The fraction of sp³-hybridized carbons (Fsp3) is 0.409. The summed E-state index contributed by atoms with van der Waals surface area (Å²) in [5.74, 6) is 0.525. The summed E-state index contributed by atoms with van der Waals surface area (Å²) in [5, 5.41) is 16.3. The third-order valence-corrected chi connectivity index (χ3v) is 4.71. The van der Waals surface area contributed by atoms with Crippen LogP contribution in [0.2, 0.25) is 0 Å². The molecule has 2 heterocycles. The van der Waals surface area contributed by atoms with Gasteiger partial charge in [-0.1, -0.05) is 12.1 Å². The Morgan fingerprint density at radius 3 is 2.60 bits per heavy atom. The summed E-state index contributed by atoms with van der Waals surface area (Å²) in [4.78, 5) is 24.4. The molecule has 2 aromatic heterocycles. The summed E-state index contributed by atoms with van der Waals surface area (Å²) in [6.45, 7) is 9.96. The topological polar surface area (TPSA) is 114 Å². The van der Waals surface area contributed by atoms with Gasteiger partial charge in [0.1, 0.15) is 5.69 Å². The first-order chi connectivity index (χ1) is 14.3. The number of carboxylic acids is 1. The van der Waals surface area contributed by atoms with Crippen molar-refractivity contribution in [1.29, 1.82) is 0 Å². The van der Waals surface area contributed by atoms with E-state index in [0.717, 1.165) is 34.4 Å². The SMILES string of the molecule is CCc1cc(-c2noc(-c3cc(C)nc(NC(C)C)n3)n2)cc(C)c1CCC(=O)O. The summed E-state index contributed by atoms with van der Waals surface area (Å²) >= 11 is 0. The van der Waals surface area contributed by atoms with Gasteiger partial charge in [0.05, 0.1) is 0 Å². The standard InChI is InChI=1S/C22H27N5O3/c1-6-15-11-16(9-13(4)17(15)7-8-19(28)29)20-26-21(30-27-20)18-10-14(5)24-22(25-18)23-12(2)3/h9-12H,6-8H2,1-5H3,(H,28,29)(H,23,24,25). The molecular weight excluding hydrogens is 382 g/mol. The second kappa shape index (κ2) is 9.02. The van der Waals surface area contributed by atoms with E-state index in [4.69, 9.17) is 9.63 Å². The third kappa shape index (κ3) is 5.00. The van der Waals surface area contributed by atoms with E-state index in [-0.39, 0.29) is 12.5 Å². The van der Waals surface area contributed by atoms with Gasteiger partial charge in [-0.2, -0.15) is 4.98 Å². The van der Waals surface area contributed by atoms with E-state index in [1.165, 1.54) is 0 Å². The minimum absolute atomic E-state index is 0.110. The van der Waals surface area contributed by atoms with Crippen molar-refractivity contribution in [3.63, 3.8) is 0 Å². The Kier molecular flexibility index (Phi) is 6.44. The van der Waals surface area contributed by atoms with Crippen LogP contribution < -0.4 is 5.32 Å². The molecular formula is C22H27N5O3. The van der Waals surface area contributed by atoms with Crippen LogP contribution in [0, 0.1) is 13.8 Å².